The first-order chi connectivity index (χ1) is 13.8. The van der Waals surface area contributed by atoms with Gasteiger partial charge in [-0.05, 0) is 35.4 Å². The Bertz CT molecular complexity index is 769. The summed E-state index contributed by atoms with van der Waals surface area (Å²) in [7, 11) is 0. The summed E-state index contributed by atoms with van der Waals surface area (Å²) in [5, 5.41) is 15.7. The molecule has 2 fully saturated rings. The molecular weight excluding hydrogens is 376 g/mol. The van der Waals surface area contributed by atoms with Gasteiger partial charge in [0.05, 0.1) is 25.0 Å². The molecule has 1 saturated carbocycles. The zero-order chi connectivity index (χ0) is 19.2. The standard InChI is InChI=1S/C19H26N6O2S/c26-18(14-28-19-21-22-23-25(19)17-3-1-2-4-17)20-16-7-5-15(6-8-16)13-24-9-11-27-12-10-24/h5-8,17H,1-4,9-14H2,(H,20,26)/p+1. The number of hydrogen-bond acceptors (Lipinski definition) is 6. The Morgan fingerprint density at radius 1 is 1.21 bits per heavy atom. The third-order valence-electron chi connectivity index (χ3n) is 5.36. The van der Waals surface area contributed by atoms with Gasteiger partial charge in [-0.1, -0.05) is 36.7 Å². The van der Waals surface area contributed by atoms with E-state index in [2.05, 4.69) is 33.0 Å². The first-order valence-corrected chi connectivity index (χ1v) is 11.0. The largest absolute Gasteiger partial charge is 0.370 e. The van der Waals surface area contributed by atoms with Crippen molar-refractivity contribution < 1.29 is 14.4 Å². The van der Waals surface area contributed by atoms with Gasteiger partial charge in [0.25, 0.3) is 0 Å². The van der Waals surface area contributed by atoms with E-state index >= 15 is 0 Å². The van der Waals surface area contributed by atoms with Gasteiger partial charge in [-0.25, -0.2) is 4.68 Å². The second kappa shape index (κ2) is 9.49. The fraction of sp³-hybridized carbons (Fsp3) is 0.579. The predicted octanol–water partition coefficient (Wildman–Crippen LogP) is 0.934. The van der Waals surface area contributed by atoms with Crippen LogP contribution in [0.15, 0.2) is 29.4 Å². The van der Waals surface area contributed by atoms with E-state index in [1.165, 1.54) is 30.2 Å². The molecule has 8 nitrogen and oxygen atoms in total. The summed E-state index contributed by atoms with van der Waals surface area (Å²) in [4.78, 5) is 13.9. The third-order valence-corrected chi connectivity index (χ3v) is 6.29. The first kappa shape index (κ1) is 19.4. The number of rotatable bonds is 7. The summed E-state index contributed by atoms with van der Waals surface area (Å²) in [6.45, 7) is 4.78. The second-order valence-electron chi connectivity index (χ2n) is 7.42. The van der Waals surface area contributed by atoms with Crippen molar-refractivity contribution in [2.24, 2.45) is 0 Å². The molecule has 2 aromatic rings. The Morgan fingerprint density at radius 2 is 1.96 bits per heavy atom. The summed E-state index contributed by atoms with van der Waals surface area (Å²) < 4.78 is 7.28. The highest BCUT2D eigenvalue weighted by molar-refractivity contribution is 7.99. The average Bonchev–Trinajstić information content (AvgIpc) is 3.40. The summed E-state index contributed by atoms with van der Waals surface area (Å²) >= 11 is 1.39. The van der Waals surface area contributed by atoms with Crippen molar-refractivity contribution in [1.82, 2.24) is 20.2 Å². The number of carbonyl (C=O) groups is 1. The molecule has 2 N–H and O–H groups in total. The molecule has 0 spiro atoms. The smallest absolute Gasteiger partial charge is 0.234 e. The van der Waals surface area contributed by atoms with Crippen LogP contribution < -0.4 is 10.2 Å². The van der Waals surface area contributed by atoms with Gasteiger partial charge in [0.15, 0.2) is 0 Å². The molecule has 2 aliphatic rings. The van der Waals surface area contributed by atoms with Gasteiger partial charge in [-0.2, -0.15) is 0 Å². The number of quaternary nitrogens is 1. The van der Waals surface area contributed by atoms with E-state index in [0.717, 1.165) is 56.5 Å². The average molecular weight is 404 g/mol. The molecule has 1 saturated heterocycles. The van der Waals surface area contributed by atoms with Gasteiger partial charge in [-0.3, -0.25) is 4.79 Å². The van der Waals surface area contributed by atoms with Gasteiger partial charge >= 0.3 is 0 Å². The van der Waals surface area contributed by atoms with Crippen molar-refractivity contribution in [2.75, 3.05) is 37.4 Å². The summed E-state index contributed by atoms with van der Waals surface area (Å²) in [5.74, 6) is 0.254. The van der Waals surface area contributed by atoms with Crippen LogP contribution >= 0.6 is 11.8 Å². The van der Waals surface area contributed by atoms with Crippen LogP contribution in [0.4, 0.5) is 5.69 Å². The number of hydrogen-bond donors (Lipinski definition) is 2. The van der Waals surface area contributed by atoms with E-state index in [-0.39, 0.29) is 5.91 Å². The second-order valence-corrected chi connectivity index (χ2v) is 8.36. The number of morpholine rings is 1. The maximum atomic E-state index is 12.3. The minimum absolute atomic E-state index is 0.0440. The minimum Gasteiger partial charge on any atom is -0.370 e. The quantitative estimate of drug-likeness (QED) is 0.669. The zero-order valence-corrected chi connectivity index (χ0v) is 16.8. The Hall–Kier alpha value is -1.97. The topological polar surface area (TPSA) is 86.4 Å². The number of ether oxygens (including phenoxy) is 1. The van der Waals surface area contributed by atoms with E-state index in [1.54, 1.807) is 4.90 Å². The van der Waals surface area contributed by atoms with Gasteiger partial charge in [0.2, 0.25) is 11.1 Å². The third kappa shape index (κ3) is 5.09. The SMILES string of the molecule is O=C(CSc1nnnn1C1CCCC1)Nc1ccc(C[NH+]2CCOCC2)cc1. The van der Waals surface area contributed by atoms with Gasteiger partial charge < -0.3 is 15.0 Å². The van der Waals surface area contributed by atoms with E-state index in [4.69, 9.17) is 4.74 Å². The molecule has 1 aliphatic carbocycles. The predicted molar refractivity (Wildman–Crippen MR) is 106 cm³/mol. The monoisotopic (exact) mass is 403 g/mol. The van der Waals surface area contributed by atoms with Crippen LogP contribution in [0.3, 0.4) is 0 Å². The van der Waals surface area contributed by atoms with Crippen LogP contribution in [0.1, 0.15) is 37.3 Å². The molecular formula is C19H27N6O2S+. The van der Waals surface area contributed by atoms with Crippen molar-refractivity contribution in [1.29, 1.82) is 0 Å². The summed E-state index contributed by atoms with van der Waals surface area (Å²) in [5.41, 5.74) is 2.10. The Balaban J connectivity index is 1.25. The molecule has 1 amide bonds. The summed E-state index contributed by atoms with van der Waals surface area (Å²) in [6.07, 6.45) is 4.67. The molecule has 0 unspecified atom stereocenters. The Labute approximate surface area is 169 Å². The lowest BCUT2D eigenvalue weighted by Crippen LogP contribution is -3.12. The zero-order valence-electron chi connectivity index (χ0n) is 16.0. The van der Waals surface area contributed by atoms with E-state index in [0.29, 0.717) is 11.8 Å². The number of thioether (sulfide) groups is 1. The van der Waals surface area contributed by atoms with Gasteiger partial charge in [-0.15, -0.1) is 5.10 Å². The normalized spacial score (nSPS) is 18.4. The van der Waals surface area contributed by atoms with Gasteiger partial charge in [0.1, 0.15) is 19.6 Å². The number of nitrogens with zero attached hydrogens (tertiary/aromatic N) is 4. The maximum absolute atomic E-state index is 12.3. The van der Waals surface area contributed by atoms with Crippen LogP contribution in [0.5, 0.6) is 0 Å². The van der Waals surface area contributed by atoms with Crippen LogP contribution in [0.2, 0.25) is 0 Å². The van der Waals surface area contributed by atoms with Crippen molar-refractivity contribution >= 4 is 23.4 Å². The van der Waals surface area contributed by atoms with E-state index in [9.17, 15) is 4.79 Å². The fourth-order valence-electron chi connectivity index (χ4n) is 3.82. The number of benzene rings is 1. The lowest BCUT2D eigenvalue weighted by atomic mass is 10.2. The molecule has 28 heavy (non-hydrogen) atoms. The van der Waals surface area contributed by atoms with Crippen molar-refractivity contribution in [3.8, 4) is 0 Å². The molecule has 1 aromatic heterocycles. The molecule has 0 atom stereocenters. The number of aromatic nitrogens is 4. The lowest BCUT2D eigenvalue weighted by molar-refractivity contribution is -0.921. The van der Waals surface area contributed by atoms with Crippen LogP contribution in [0, 0.1) is 0 Å². The maximum Gasteiger partial charge on any atom is 0.234 e. The molecule has 1 aliphatic heterocycles. The molecule has 0 radical (unpaired) electrons. The highest BCUT2D eigenvalue weighted by Crippen LogP contribution is 2.31. The minimum atomic E-state index is -0.0440. The Kier molecular flexibility index (Phi) is 6.56. The lowest BCUT2D eigenvalue weighted by Gasteiger charge is -2.23. The number of carbonyl (C=O) groups excluding carboxylic acids is 1. The highest BCUT2D eigenvalue weighted by Gasteiger charge is 2.22. The molecule has 4 rings (SSSR count). The molecule has 1 aromatic carbocycles. The molecule has 9 heteroatoms. The van der Waals surface area contributed by atoms with Crippen molar-refractivity contribution in [2.45, 2.75) is 43.4 Å². The fourth-order valence-corrected chi connectivity index (χ4v) is 4.56. The molecule has 150 valence electrons. The number of amides is 1. The Morgan fingerprint density at radius 3 is 2.71 bits per heavy atom. The van der Waals surface area contributed by atoms with Crippen molar-refractivity contribution in [3.63, 3.8) is 0 Å². The molecule has 2 heterocycles. The van der Waals surface area contributed by atoms with Crippen LogP contribution in [-0.2, 0) is 16.1 Å². The van der Waals surface area contributed by atoms with Crippen LogP contribution in [-0.4, -0.2) is 58.2 Å². The summed E-state index contributed by atoms with van der Waals surface area (Å²) in [6, 6.07) is 8.50. The molecule has 0 bridgehead atoms. The van der Waals surface area contributed by atoms with E-state index < -0.39 is 0 Å². The van der Waals surface area contributed by atoms with Gasteiger partial charge in [0, 0.05) is 11.3 Å². The number of tetrazole rings is 1. The number of nitrogens with one attached hydrogen (secondary N) is 2. The first-order valence-electron chi connectivity index (χ1n) is 9.99. The highest BCUT2D eigenvalue weighted by atomic mass is 32.2. The van der Waals surface area contributed by atoms with Crippen molar-refractivity contribution in [3.05, 3.63) is 29.8 Å². The van der Waals surface area contributed by atoms with Crippen LogP contribution in [0.25, 0.3) is 0 Å². The van der Waals surface area contributed by atoms with E-state index in [1.807, 2.05) is 16.8 Å². The number of anilines is 1.